The summed E-state index contributed by atoms with van der Waals surface area (Å²) in [5.74, 6) is 0. The lowest BCUT2D eigenvalue weighted by atomic mass is 10.1. The molecule has 1 saturated heterocycles. The van der Waals surface area contributed by atoms with Gasteiger partial charge in [0.2, 0.25) is 0 Å². The van der Waals surface area contributed by atoms with Crippen molar-refractivity contribution in [2.75, 3.05) is 31.5 Å². The van der Waals surface area contributed by atoms with Crippen molar-refractivity contribution in [3.8, 4) is 6.07 Å². The highest BCUT2D eigenvalue weighted by atomic mass is 15.1. The zero-order valence-electron chi connectivity index (χ0n) is 22.0. The SMILES string of the molecule is Cc1c(Nc2c(C#N)cncc2C=Cc2ccc(CNCCN3CCCCCC3)cn2)ccc2[nH]ccc12. The Balaban J connectivity index is 1.23. The largest absolute Gasteiger partial charge is 0.361 e. The maximum Gasteiger partial charge on any atom is 0.103 e. The van der Waals surface area contributed by atoms with Crippen LogP contribution in [0.25, 0.3) is 23.1 Å². The van der Waals surface area contributed by atoms with Crippen molar-refractivity contribution in [3.05, 3.63) is 83.1 Å². The van der Waals surface area contributed by atoms with Crippen LogP contribution in [0.4, 0.5) is 11.4 Å². The summed E-state index contributed by atoms with van der Waals surface area (Å²) in [6.07, 6.45) is 16.6. The maximum absolute atomic E-state index is 9.74. The summed E-state index contributed by atoms with van der Waals surface area (Å²) < 4.78 is 0. The van der Waals surface area contributed by atoms with Gasteiger partial charge in [0.1, 0.15) is 6.07 Å². The van der Waals surface area contributed by atoms with E-state index in [-0.39, 0.29) is 0 Å². The Morgan fingerprint density at radius 1 is 1.03 bits per heavy atom. The average Bonchev–Trinajstić information content (AvgIpc) is 3.29. The molecule has 1 aromatic carbocycles. The van der Waals surface area contributed by atoms with Gasteiger partial charge >= 0.3 is 0 Å². The van der Waals surface area contributed by atoms with Crippen molar-refractivity contribution >= 4 is 34.4 Å². The fourth-order valence-electron chi connectivity index (χ4n) is 5.03. The van der Waals surface area contributed by atoms with Crippen LogP contribution in [0.1, 0.15) is 53.6 Å². The molecule has 0 saturated carbocycles. The van der Waals surface area contributed by atoms with Gasteiger partial charge in [-0.05, 0) is 80.4 Å². The molecule has 0 spiro atoms. The first-order valence-electron chi connectivity index (χ1n) is 13.5. The molecule has 3 aromatic heterocycles. The Kier molecular flexibility index (Phi) is 8.44. The van der Waals surface area contributed by atoms with Crippen LogP contribution in [0.15, 0.2) is 55.1 Å². The number of pyridine rings is 2. The summed E-state index contributed by atoms with van der Waals surface area (Å²) in [6.45, 7) is 7.47. The van der Waals surface area contributed by atoms with Gasteiger partial charge in [-0.1, -0.05) is 18.9 Å². The topological polar surface area (TPSA) is 92.7 Å². The number of nitrogens with zero attached hydrogens (tertiary/aromatic N) is 4. The van der Waals surface area contributed by atoms with Crippen LogP contribution in [-0.4, -0.2) is 46.0 Å². The summed E-state index contributed by atoms with van der Waals surface area (Å²) >= 11 is 0. The normalized spacial score (nSPS) is 14.5. The number of aryl methyl sites for hydroxylation is 1. The standard InChI is InChI=1S/C31H35N7/c1-23-28-12-13-35-30(28)11-10-29(23)37-31-25(21-34-22-26(31)18-32)7-9-27-8-6-24(20-36-27)19-33-14-17-38-15-4-2-3-5-16-38/h6-13,20-22,33,35H,2-5,14-17,19H2,1H3,(H,34,37). The van der Waals surface area contributed by atoms with Crippen molar-refractivity contribution in [2.45, 2.75) is 39.2 Å². The van der Waals surface area contributed by atoms with Gasteiger partial charge in [-0.3, -0.25) is 9.97 Å². The number of anilines is 2. The summed E-state index contributed by atoms with van der Waals surface area (Å²) in [7, 11) is 0. The second kappa shape index (κ2) is 12.5. The molecular formula is C31H35N7. The highest BCUT2D eigenvalue weighted by molar-refractivity contribution is 5.90. The highest BCUT2D eigenvalue weighted by Gasteiger charge is 2.11. The molecule has 0 aliphatic carbocycles. The van der Waals surface area contributed by atoms with E-state index < -0.39 is 0 Å². The van der Waals surface area contributed by atoms with E-state index in [0.29, 0.717) is 5.56 Å². The Hall–Kier alpha value is -3.99. The minimum absolute atomic E-state index is 0.496. The summed E-state index contributed by atoms with van der Waals surface area (Å²) in [5, 5.41) is 17.9. The van der Waals surface area contributed by atoms with Crippen LogP contribution >= 0.6 is 0 Å². The van der Waals surface area contributed by atoms with E-state index in [4.69, 9.17) is 0 Å². The molecular weight excluding hydrogens is 470 g/mol. The number of benzene rings is 1. The lowest BCUT2D eigenvalue weighted by molar-refractivity contribution is 0.284. The third-order valence-electron chi connectivity index (χ3n) is 7.27. The first-order chi connectivity index (χ1) is 18.7. The molecule has 0 bridgehead atoms. The van der Waals surface area contributed by atoms with Gasteiger partial charge < -0.3 is 20.5 Å². The molecule has 0 unspecified atom stereocenters. The lowest BCUT2D eigenvalue weighted by Gasteiger charge is -2.19. The second-order valence-corrected chi connectivity index (χ2v) is 9.92. The van der Waals surface area contributed by atoms with E-state index in [1.807, 2.05) is 42.7 Å². The summed E-state index contributed by atoms with van der Waals surface area (Å²) in [6, 6.07) is 12.6. The van der Waals surface area contributed by atoms with E-state index in [2.05, 4.69) is 55.6 Å². The van der Waals surface area contributed by atoms with Crippen molar-refractivity contribution < 1.29 is 0 Å². The molecule has 1 aliphatic rings. The van der Waals surface area contributed by atoms with Gasteiger partial charge in [0.05, 0.1) is 16.9 Å². The highest BCUT2D eigenvalue weighted by Crippen LogP contribution is 2.31. The van der Waals surface area contributed by atoms with Crippen LogP contribution in [-0.2, 0) is 6.54 Å². The van der Waals surface area contributed by atoms with Crippen molar-refractivity contribution in [2.24, 2.45) is 0 Å². The zero-order valence-corrected chi connectivity index (χ0v) is 22.0. The molecule has 4 heterocycles. The van der Waals surface area contributed by atoms with Crippen molar-refractivity contribution in [3.63, 3.8) is 0 Å². The molecule has 1 fully saturated rings. The number of rotatable bonds is 9. The molecule has 194 valence electrons. The predicted octanol–water partition coefficient (Wildman–Crippen LogP) is 6.02. The van der Waals surface area contributed by atoms with E-state index in [9.17, 15) is 5.26 Å². The Morgan fingerprint density at radius 2 is 1.89 bits per heavy atom. The first kappa shape index (κ1) is 25.7. The molecule has 3 N–H and O–H groups in total. The fourth-order valence-corrected chi connectivity index (χ4v) is 5.03. The van der Waals surface area contributed by atoms with E-state index in [0.717, 1.165) is 58.7 Å². The number of nitriles is 1. The molecule has 1 aliphatic heterocycles. The van der Waals surface area contributed by atoms with E-state index in [1.165, 1.54) is 44.3 Å². The Bertz CT molecular complexity index is 1420. The van der Waals surface area contributed by atoms with Crippen LogP contribution < -0.4 is 10.6 Å². The number of likely N-dealkylation sites (tertiary alicyclic amines) is 1. The number of hydrogen-bond donors (Lipinski definition) is 3. The second-order valence-electron chi connectivity index (χ2n) is 9.92. The third-order valence-corrected chi connectivity index (χ3v) is 7.27. The molecule has 38 heavy (non-hydrogen) atoms. The molecule has 0 amide bonds. The number of aromatic nitrogens is 3. The minimum Gasteiger partial charge on any atom is -0.361 e. The number of hydrogen-bond acceptors (Lipinski definition) is 6. The molecule has 7 heteroatoms. The van der Waals surface area contributed by atoms with Crippen molar-refractivity contribution in [1.29, 1.82) is 5.26 Å². The molecule has 0 radical (unpaired) electrons. The van der Waals surface area contributed by atoms with Crippen LogP contribution in [0, 0.1) is 18.3 Å². The maximum atomic E-state index is 9.74. The fraction of sp³-hybridized carbons (Fsp3) is 0.323. The van der Waals surface area contributed by atoms with Crippen LogP contribution in [0.3, 0.4) is 0 Å². The lowest BCUT2D eigenvalue weighted by Crippen LogP contribution is -2.32. The Labute approximate surface area is 224 Å². The summed E-state index contributed by atoms with van der Waals surface area (Å²) in [4.78, 5) is 14.7. The van der Waals surface area contributed by atoms with E-state index in [1.54, 1.807) is 12.4 Å². The number of fused-ring (bicyclic) bond motifs is 1. The number of aromatic amines is 1. The first-order valence-corrected chi connectivity index (χ1v) is 13.5. The summed E-state index contributed by atoms with van der Waals surface area (Å²) in [5.41, 5.74) is 7.26. The molecule has 7 nitrogen and oxygen atoms in total. The predicted molar refractivity (Wildman–Crippen MR) is 155 cm³/mol. The van der Waals surface area contributed by atoms with Gasteiger partial charge in [-0.2, -0.15) is 5.26 Å². The van der Waals surface area contributed by atoms with Gasteiger partial charge in [-0.25, -0.2) is 0 Å². The zero-order chi connectivity index (χ0) is 26.2. The molecule has 4 aromatic rings. The number of nitrogens with one attached hydrogen (secondary N) is 3. The monoisotopic (exact) mass is 505 g/mol. The number of H-pyrrole nitrogens is 1. The smallest absolute Gasteiger partial charge is 0.103 e. The Morgan fingerprint density at radius 3 is 2.68 bits per heavy atom. The third kappa shape index (κ3) is 6.28. The van der Waals surface area contributed by atoms with E-state index >= 15 is 0 Å². The van der Waals surface area contributed by atoms with Crippen LogP contribution in [0.2, 0.25) is 0 Å². The van der Waals surface area contributed by atoms with Gasteiger partial charge in [0.15, 0.2) is 0 Å². The quantitative estimate of drug-likeness (QED) is 0.241. The molecule has 0 atom stereocenters. The van der Waals surface area contributed by atoms with Gasteiger partial charge in [-0.15, -0.1) is 0 Å². The molecule has 5 rings (SSSR count). The van der Waals surface area contributed by atoms with Gasteiger partial charge in [0.25, 0.3) is 0 Å². The van der Waals surface area contributed by atoms with Gasteiger partial charge in [0, 0.05) is 66.6 Å². The minimum atomic E-state index is 0.496. The van der Waals surface area contributed by atoms with Crippen molar-refractivity contribution in [1.82, 2.24) is 25.2 Å². The van der Waals surface area contributed by atoms with Crippen LogP contribution in [0.5, 0.6) is 0 Å². The average molecular weight is 506 g/mol.